The molecule has 0 bridgehead atoms. The summed E-state index contributed by atoms with van der Waals surface area (Å²) in [5, 5.41) is 7.83. The van der Waals surface area contributed by atoms with Crippen LogP contribution in [0.3, 0.4) is 0 Å². The summed E-state index contributed by atoms with van der Waals surface area (Å²) in [6, 6.07) is 24.8. The van der Waals surface area contributed by atoms with Gasteiger partial charge < -0.3 is 20.7 Å². The number of hydrogen-bond donors (Lipinski definition) is 3. The van der Waals surface area contributed by atoms with Crippen LogP contribution in [0.1, 0.15) is 28.4 Å². The maximum Gasteiger partial charge on any atom is 0.416 e. The predicted octanol–water partition coefficient (Wildman–Crippen LogP) is 7.90. The van der Waals surface area contributed by atoms with E-state index < -0.39 is 29.5 Å². The number of thioether (sulfide) groups is 1. The Bertz CT molecular complexity index is 1700. The van der Waals surface area contributed by atoms with E-state index in [9.17, 15) is 27.6 Å². The number of ether oxygens (including phenoxy) is 1. The Hall–Kier alpha value is -4.74. The van der Waals surface area contributed by atoms with E-state index in [1.807, 2.05) is 6.92 Å². The normalized spacial score (nSPS) is 11.4. The lowest BCUT2D eigenvalue weighted by Gasteiger charge is -2.13. The van der Waals surface area contributed by atoms with Crippen molar-refractivity contribution < 1.29 is 32.3 Å². The second-order valence-electron chi connectivity index (χ2n) is 9.36. The molecule has 3 amide bonds. The highest BCUT2D eigenvalue weighted by Gasteiger charge is 2.31. The van der Waals surface area contributed by atoms with Crippen LogP contribution in [0.2, 0.25) is 5.02 Å². The monoisotopic (exact) mass is 653 g/mol. The molecule has 0 aliphatic carbocycles. The number of carbonyl (C=O) groups is 3. The average molecular weight is 654 g/mol. The molecule has 0 heterocycles. The highest BCUT2D eigenvalue weighted by atomic mass is 35.5. The molecule has 4 aromatic carbocycles. The van der Waals surface area contributed by atoms with Gasteiger partial charge >= 0.3 is 6.18 Å². The van der Waals surface area contributed by atoms with E-state index in [0.29, 0.717) is 34.1 Å². The maximum absolute atomic E-state index is 13.4. The molecule has 45 heavy (non-hydrogen) atoms. The highest BCUT2D eigenvalue weighted by Crippen LogP contribution is 2.34. The third-order valence-electron chi connectivity index (χ3n) is 6.10. The van der Waals surface area contributed by atoms with Gasteiger partial charge in [0.25, 0.3) is 11.8 Å². The fraction of sp³-hybridized carbons (Fsp3) is 0.121. The molecule has 0 aromatic heterocycles. The quantitative estimate of drug-likeness (QED) is 0.113. The minimum absolute atomic E-state index is 0.0145. The number of para-hydroxylation sites is 1. The van der Waals surface area contributed by atoms with Gasteiger partial charge in [0.05, 0.1) is 28.6 Å². The molecule has 0 atom stereocenters. The van der Waals surface area contributed by atoms with Crippen LogP contribution >= 0.6 is 23.4 Å². The molecule has 0 aliphatic heterocycles. The minimum Gasteiger partial charge on any atom is -0.493 e. The number of alkyl halides is 3. The molecule has 0 spiro atoms. The highest BCUT2D eigenvalue weighted by molar-refractivity contribution is 8.00. The van der Waals surface area contributed by atoms with Gasteiger partial charge in [-0.25, -0.2) is 0 Å². The fourth-order valence-electron chi connectivity index (χ4n) is 3.95. The van der Waals surface area contributed by atoms with Crippen molar-refractivity contribution in [2.75, 3.05) is 23.0 Å². The van der Waals surface area contributed by atoms with Crippen LogP contribution in [0.15, 0.2) is 108 Å². The fourth-order valence-corrected chi connectivity index (χ4v) is 4.81. The molecule has 0 saturated carbocycles. The van der Waals surface area contributed by atoms with Crippen molar-refractivity contribution in [3.8, 4) is 5.75 Å². The first kappa shape index (κ1) is 33.2. The van der Waals surface area contributed by atoms with Crippen LogP contribution in [-0.2, 0) is 15.8 Å². The molecule has 4 rings (SSSR count). The van der Waals surface area contributed by atoms with E-state index in [1.165, 1.54) is 6.08 Å². The Balaban J connectivity index is 1.43. The number of amides is 3. The van der Waals surface area contributed by atoms with E-state index in [1.54, 1.807) is 78.9 Å². The largest absolute Gasteiger partial charge is 0.493 e. The summed E-state index contributed by atoms with van der Waals surface area (Å²) in [6.45, 7) is 2.25. The lowest BCUT2D eigenvalue weighted by molar-refractivity contribution is -0.137. The third kappa shape index (κ3) is 9.62. The number of nitrogens with one attached hydrogen (secondary N) is 3. The first-order chi connectivity index (χ1) is 21.5. The van der Waals surface area contributed by atoms with Gasteiger partial charge in [-0.3, -0.25) is 14.4 Å². The van der Waals surface area contributed by atoms with Crippen molar-refractivity contribution in [1.29, 1.82) is 0 Å². The van der Waals surface area contributed by atoms with Gasteiger partial charge in [-0.2, -0.15) is 13.2 Å². The molecule has 0 radical (unpaired) electrons. The van der Waals surface area contributed by atoms with Gasteiger partial charge in [0, 0.05) is 21.7 Å². The number of halogens is 4. The van der Waals surface area contributed by atoms with Crippen molar-refractivity contribution in [2.45, 2.75) is 18.0 Å². The average Bonchev–Trinajstić information content (AvgIpc) is 3.02. The first-order valence-electron chi connectivity index (χ1n) is 13.5. The molecule has 0 unspecified atom stereocenters. The Morgan fingerprint density at radius 2 is 1.58 bits per heavy atom. The number of rotatable bonds is 11. The summed E-state index contributed by atoms with van der Waals surface area (Å²) in [7, 11) is 0. The van der Waals surface area contributed by atoms with E-state index in [0.717, 1.165) is 30.0 Å². The summed E-state index contributed by atoms with van der Waals surface area (Å²) >= 11 is 7.10. The molecule has 0 fully saturated rings. The molecular formula is C33H27ClF3N3O4S. The molecule has 4 aromatic rings. The zero-order valence-corrected chi connectivity index (χ0v) is 25.4. The first-order valence-corrected chi connectivity index (χ1v) is 14.9. The van der Waals surface area contributed by atoms with Crippen LogP contribution in [0.25, 0.3) is 6.08 Å². The Morgan fingerprint density at radius 1 is 0.889 bits per heavy atom. The molecule has 0 saturated heterocycles. The van der Waals surface area contributed by atoms with Crippen molar-refractivity contribution in [3.63, 3.8) is 0 Å². The lowest BCUT2D eigenvalue weighted by atomic mass is 10.1. The number of benzene rings is 4. The van der Waals surface area contributed by atoms with Crippen LogP contribution < -0.4 is 20.7 Å². The van der Waals surface area contributed by atoms with Crippen LogP contribution in [0, 0.1) is 0 Å². The summed E-state index contributed by atoms with van der Waals surface area (Å²) in [5.74, 6) is -1.16. The molecular weight excluding hydrogens is 627 g/mol. The van der Waals surface area contributed by atoms with Gasteiger partial charge in [-0.1, -0.05) is 48.0 Å². The van der Waals surface area contributed by atoms with E-state index in [-0.39, 0.29) is 22.2 Å². The molecule has 12 heteroatoms. The summed E-state index contributed by atoms with van der Waals surface area (Å²) < 4.78 is 44.7. The van der Waals surface area contributed by atoms with E-state index in [2.05, 4.69) is 16.0 Å². The van der Waals surface area contributed by atoms with Gasteiger partial charge in [0.2, 0.25) is 5.91 Å². The van der Waals surface area contributed by atoms with Crippen molar-refractivity contribution in [1.82, 2.24) is 5.32 Å². The SMILES string of the molecule is CCOc1ccccc1/C=C(\NC(=O)c1ccccc1)C(=O)Nc1ccc(SCC(=O)Nc2cc(C(F)(F)F)ccc2Cl)cc1. The standard InChI is InChI=1S/C33H27ClF3N3O4S/c1-2-44-29-11-7-6-10-22(29)18-28(40-31(42)21-8-4-3-5-9-21)32(43)38-24-13-15-25(16-14-24)45-20-30(41)39-27-19-23(33(35,36)37)12-17-26(27)34/h3-19H,2,20H2,1H3,(H,38,43)(H,39,41)(H,40,42)/b28-18-. The second kappa shape index (κ2) is 15.3. The molecule has 232 valence electrons. The van der Waals surface area contributed by atoms with Gasteiger partial charge in [0.15, 0.2) is 0 Å². The Labute approximate surface area is 266 Å². The lowest BCUT2D eigenvalue weighted by Crippen LogP contribution is -2.30. The topological polar surface area (TPSA) is 96.5 Å². The Morgan fingerprint density at radius 3 is 2.27 bits per heavy atom. The van der Waals surface area contributed by atoms with Crippen molar-refractivity contribution >= 4 is 58.5 Å². The zero-order valence-electron chi connectivity index (χ0n) is 23.8. The smallest absolute Gasteiger partial charge is 0.416 e. The van der Waals surface area contributed by atoms with Gasteiger partial charge in [-0.05, 0) is 73.7 Å². The maximum atomic E-state index is 13.4. The summed E-state index contributed by atoms with van der Waals surface area (Å²) in [5.41, 5.74) is 0.303. The molecule has 0 aliphatic rings. The van der Waals surface area contributed by atoms with Gasteiger partial charge in [-0.15, -0.1) is 11.8 Å². The molecule has 3 N–H and O–H groups in total. The van der Waals surface area contributed by atoms with Crippen LogP contribution in [0.5, 0.6) is 5.75 Å². The van der Waals surface area contributed by atoms with Crippen molar-refractivity contribution in [2.24, 2.45) is 0 Å². The Kier molecular flexibility index (Phi) is 11.3. The minimum atomic E-state index is -4.58. The number of carbonyl (C=O) groups excluding carboxylic acids is 3. The molecule has 7 nitrogen and oxygen atoms in total. The summed E-state index contributed by atoms with van der Waals surface area (Å²) in [4.78, 5) is 39.4. The van der Waals surface area contributed by atoms with Crippen molar-refractivity contribution in [3.05, 3.63) is 124 Å². The van der Waals surface area contributed by atoms with E-state index >= 15 is 0 Å². The van der Waals surface area contributed by atoms with E-state index in [4.69, 9.17) is 16.3 Å². The predicted molar refractivity (Wildman–Crippen MR) is 170 cm³/mol. The second-order valence-corrected chi connectivity index (χ2v) is 10.8. The number of anilines is 2. The summed E-state index contributed by atoms with van der Waals surface area (Å²) in [6.07, 6.45) is -3.05. The third-order valence-corrected chi connectivity index (χ3v) is 7.44. The van der Waals surface area contributed by atoms with Crippen LogP contribution in [-0.4, -0.2) is 30.1 Å². The zero-order chi connectivity index (χ0) is 32.4. The van der Waals surface area contributed by atoms with Crippen LogP contribution in [0.4, 0.5) is 24.5 Å². The number of hydrogen-bond acceptors (Lipinski definition) is 5. The van der Waals surface area contributed by atoms with Gasteiger partial charge in [0.1, 0.15) is 11.4 Å².